The zero-order chi connectivity index (χ0) is 24.2. The van der Waals surface area contributed by atoms with Gasteiger partial charge in [0, 0.05) is 5.41 Å². The van der Waals surface area contributed by atoms with Crippen molar-refractivity contribution in [2.75, 3.05) is 26.4 Å². The van der Waals surface area contributed by atoms with Gasteiger partial charge in [-0.3, -0.25) is 0 Å². The molecule has 4 nitrogen and oxygen atoms in total. The summed E-state index contributed by atoms with van der Waals surface area (Å²) in [6, 6.07) is 12.9. The number of rotatable bonds is 9. The molecule has 0 atom stereocenters. The second-order valence-electron chi connectivity index (χ2n) is 10.8. The number of benzene rings is 2. The number of ether oxygens (including phenoxy) is 2. The van der Waals surface area contributed by atoms with Crippen LogP contribution in [0.2, 0.25) is 0 Å². The van der Waals surface area contributed by atoms with E-state index in [1.54, 1.807) is 0 Å². The molecule has 0 bridgehead atoms. The molecule has 0 saturated heterocycles. The maximum atomic E-state index is 9.21. The Labute approximate surface area is 194 Å². The molecule has 0 aliphatic rings. The molecule has 0 saturated carbocycles. The van der Waals surface area contributed by atoms with E-state index in [2.05, 4.69) is 79.7 Å². The lowest BCUT2D eigenvalue weighted by Crippen LogP contribution is -2.25. The molecule has 0 spiro atoms. The number of hydrogen-bond donors (Lipinski definition) is 2. The van der Waals surface area contributed by atoms with Crippen LogP contribution in [0.5, 0.6) is 11.5 Å². The van der Waals surface area contributed by atoms with Crippen LogP contribution in [0.4, 0.5) is 0 Å². The molecule has 32 heavy (non-hydrogen) atoms. The van der Waals surface area contributed by atoms with Gasteiger partial charge in [0.25, 0.3) is 0 Å². The Morgan fingerprint density at radius 1 is 0.656 bits per heavy atom. The van der Waals surface area contributed by atoms with E-state index >= 15 is 0 Å². The second-order valence-corrected chi connectivity index (χ2v) is 10.8. The Morgan fingerprint density at radius 3 is 1.31 bits per heavy atom. The van der Waals surface area contributed by atoms with Crippen molar-refractivity contribution < 1.29 is 19.7 Å². The van der Waals surface area contributed by atoms with Gasteiger partial charge in [-0.1, -0.05) is 79.7 Å². The summed E-state index contributed by atoms with van der Waals surface area (Å²) in [5.41, 5.74) is 4.40. The topological polar surface area (TPSA) is 58.9 Å². The summed E-state index contributed by atoms with van der Waals surface area (Å²) >= 11 is 0. The third kappa shape index (κ3) is 5.85. The third-order valence-corrected chi connectivity index (χ3v) is 6.25. The van der Waals surface area contributed by atoms with Crippen molar-refractivity contribution in [3.63, 3.8) is 0 Å². The van der Waals surface area contributed by atoms with Crippen molar-refractivity contribution in [1.82, 2.24) is 0 Å². The van der Waals surface area contributed by atoms with Crippen LogP contribution in [0.3, 0.4) is 0 Å². The zero-order valence-electron chi connectivity index (χ0n) is 21.2. The molecule has 2 N–H and O–H groups in total. The van der Waals surface area contributed by atoms with E-state index in [1.165, 1.54) is 11.1 Å². The maximum Gasteiger partial charge on any atom is 0.123 e. The van der Waals surface area contributed by atoms with Crippen molar-refractivity contribution >= 4 is 0 Å². The first kappa shape index (κ1) is 26.2. The minimum absolute atomic E-state index is 0.00170. The van der Waals surface area contributed by atoms with Gasteiger partial charge in [0.1, 0.15) is 24.7 Å². The number of aliphatic hydroxyl groups excluding tert-OH is 2. The molecule has 0 fully saturated rings. The lowest BCUT2D eigenvalue weighted by Gasteiger charge is -2.34. The van der Waals surface area contributed by atoms with Gasteiger partial charge in [-0.25, -0.2) is 0 Å². The van der Waals surface area contributed by atoms with Crippen molar-refractivity contribution in [2.45, 2.75) is 78.1 Å². The third-order valence-electron chi connectivity index (χ3n) is 6.25. The Hall–Kier alpha value is -2.04. The van der Waals surface area contributed by atoms with E-state index in [9.17, 15) is 10.2 Å². The molecule has 0 unspecified atom stereocenters. The summed E-state index contributed by atoms with van der Waals surface area (Å²) in [5.74, 6) is 1.66. The zero-order valence-corrected chi connectivity index (χ0v) is 21.2. The molecular formula is C28H42O4. The molecule has 0 radical (unpaired) electrons. The van der Waals surface area contributed by atoms with Gasteiger partial charge in [-0.2, -0.15) is 0 Å². The normalized spacial score (nSPS) is 12.7. The first-order valence-corrected chi connectivity index (χ1v) is 11.7. The standard InChI is InChI=1S/C28H42O4/c1-9-28(8,20-10-12-24(31-16-14-29)22(18-20)26(2,3)4)21-11-13-25(32-17-15-30)23(19-21)27(5,6)7/h10-13,18-19,29-30H,9,14-17H2,1-8H3. The van der Waals surface area contributed by atoms with Crippen LogP contribution in [0.1, 0.15) is 84.1 Å². The van der Waals surface area contributed by atoms with Crippen molar-refractivity contribution in [2.24, 2.45) is 0 Å². The monoisotopic (exact) mass is 442 g/mol. The van der Waals surface area contributed by atoms with Gasteiger partial charge in [0.15, 0.2) is 0 Å². The lowest BCUT2D eigenvalue weighted by atomic mass is 9.71. The molecular weight excluding hydrogens is 400 g/mol. The maximum absolute atomic E-state index is 9.21. The fourth-order valence-corrected chi connectivity index (χ4v) is 4.06. The van der Waals surface area contributed by atoms with Crippen LogP contribution in [-0.4, -0.2) is 36.6 Å². The minimum Gasteiger partial charge on any atom is -0.491 e. The Kier molecular flexibility index (Phi) is 8.41. The van der Waals surface area contributed by atoms with E-state index in [0.717, 1.165) is 29.0 Å². The first-order valence-electron chi connectivity index (χ1n) is 11.7. The number of hydrogen-bond acceptors (Lipinski definition) is 4. The fourth-order valence-electron chi connectivity index (χ4n) is 4.06. The van der Waals surface area contributed by atoms with E-state index in [1.807, 2.05) is 12.1 Å². The Balaban J connectivity index is 2.62. The summed E-state index contributed by atoms with van der Waals surface area (Å²) < 4.78 is 11.7. The van der Waals surface area contributed by atoms with E-state index < -0.39 is 0 Å². The van der Waals surface area contributed by atoms with Crippen molar-refractivity contribution in [1.29, 1.82) is 0 Å². The second kappa shape index (κ2) is 10.3. The van der Waals surface area contributed by atoms with Crippen LogP contribution in [0, 0.1) is 0 Å². The van der Waals surface area contributed by atoms with Gasteiger partial charge < -0.3 is 19.7 Å². The molecule has 2 aromatic carbocycles. The largest absolute Gasteiger partial charge is 0.491 e. The molecule has 0 heterocycles. The van der Waals surface area contributed by atoms with Crippen LogP contribution in [0.15, 0.2) is 36.4 Å². The molecule has 4 heteroatoms. The van der Waals surface area contributed by atoms with E-state index in [0.29, 0.717) is 0 Å². The van der Waals surface area contributed by atoms with Crippen LogP contribution < -0.4 is 9.47 Å². The van der Waals surface area contributed by atoms with Gasteiger partial charge in [0.05, 0.1) is 13.2 Å². The predicted octanol–water partition coefficient (Wildman–Crippen LogP) is 5.74. The molecule has 178 valence electrons. The lowest BCUT2D eigenvalue weighted by molar-refractivity contribution is 0.198. The molecule has 2 aromatic rings. The highest BCUT2D eigenvalue weighted by Gasteiger charge is 2.32. The highest BCUT2D eigenvalue weighted by molar-refractivity contribution is 5.50. The fraction of sp³-hybridized carbons (Fsp3) is 0.571. The van der Waals surface area contributed by atoms with E-state index in [-0.39, 0.29) is 42.7 Å². The molecule has 0 amide bonds. The average molecular weight is 443 g/mol. The molecule has 0 aliphatic carbocycles. The summed E-state index contributed by atoms with van der Waals surface area (Å²) in [6.07, 6.45) is 0.938. The first-order chi connectivity index (χ1) is 14.9. The quantitative estimate of drug-likeness (QED) is 0.520. The van der Waals surface area contributed by atoms with Gasteiger partial charge in [0.2, 0.25) is 0 Å². The van der Waals surface area contributed by atoms with Gasteiger partial charge >= 0.3 is 0 Å². The molecule has 0 aliphatic heterocycles. The van der Waals surface area contributed by atoms with Crippen LogP contribution >= 0.6 is 0 Å². The molecule has 0 aromatic heterocycles. The SMILES string of the molecule is CCC(C)(c1ccc(OCCO)c(C(C)(C)C)c1)c1ccc(OCCO)c(C(C)(C)C)c1. The highest BCUT2D eigenvalue weighted by atomic mass is 16.5. The van der Waals surface area contributed by atoms with Gasteiger partial charge in [-0.05, 0) is 51.6 Å². The highest BCUT2D eigenvalue weighted by Crippen LogP contribution is 2.42. The van der Waals surface area contributed by atoms with Gasteiger partial charge in [-0.15, -0.1) is 0 Å². The van der Waals surface area contributed by atoms with E-state index in [4.69, 9.17) is 9.47 Å². The predicted molar refractivity (Wildman–Crippen MR) is 132 cm³/mol. The Morgan fingerprint density at radius 2 is 1.03 bits per heavy atom. The summed E-state index contributed by atoms with van der Waals surface area (Å²) in [4.78, 5) is 0. The molecule has 2 rings (SSSR count). The number of aliphatic hydroxyl groups is 2. The van der Waals surface area contributed by atoms with Crippen molar-refractivity contribution in [3.05, 3.63) is 58.7 Å². The summed E-state index contributed by atoms with van der Waals surface area (Å²) in [5, 5.41) is 18.4. The average Bonchev–Trinajstić information content (AvgIpc) is 2.74. The van der Waals surface area contributed by atoms with Crippen LogP contribution in [-0.2, 0) is 16.2 Å². The van der Waals surface area contributed by atoms with Crippen molar-refractivity contribution in [3.8, 4) is 11.5 Å². The Bertz CT molecular complexity index is 818. The van der Waals surface area contributed by atoms with Crippen LogP contribution in [0.25, 0.3) is 0 Å². The smallest absolute Gasteiger partial charge is 0.123 e. The minimum atomic E-state index is -0.189. The summed E-state index contributed by atoms with van der Waals surface area (Å²) in [6.45, 7) is 18.2. The summed E-state index contributed by atoms with van der Waals surface area (Å²) in [7, 11) is 0.